The number of carbonyl (C=O) groups is 4. The van der Waals surface area contributed by atoms with E-state index >= 15 is 0 Å². The zero-order chi connectivity index (χ0) is 35.9. The van der Waals surface area contributed by atoms with Gasteiger partial charge in [-0.25, -0.2) is 0 Å². The van der Waals surface area contributed by atoms with E-state index in [9.17, 15) is 19.2 Å². The molecule has 0 bridgehead atoms. The molecule has 0 fully saturated rings. The summed E-state index contributed by atoms with van der Waals surface area (Å²) in [6, 6.07) is 38.8. The smallest absolute Gasteiger partial charge is 0.261 e. The maximum atomic E-state index is 13.7. The van der Waals surface area contributed by atoms with E-state index < -0.39 is 0 Å². The second-order valence-corrected chi connectivity index (χ2v) is 13.4. The number of anilines is 4. The van der Waals surface area contributed by atoms with E-state index in [0.717, 1.165) is 46.4 Å². The molecule has 2 heterocycles. The SMILES string of the molecule is CN(c1ccccc1)c1ccc2c3c(cccc13)C(=O)N(CCCCCCN1C(=O)c3cccc4c(N(C)c5ccccc5)ccc(c34)C1=O)C2=O. The fourth-order valence-electron chi connectivity index (χ4n) is 7.73. The van der Waals surface area contributed by atoms with Crippen molar-refractivity contribution < 1.29 is 19.2 Å². The average molecular weight is 687 g/mol. The highest BCUT2D eigenvalue weighted by Crippen LogP contribution is 2.39. The summed E-state index contributed by atoms with van der Waals surface area (Å²) in [7, 11) is 3.96. The van der Waals surface area contributed by atoms with Crippen LogP contribution in [0.25, 0.3) is 21.5 Å². The second-order valence-electron chi connectivity index (χ2n) is 13.4. The molecule has 8 rings (SSSR count). The predicted octanol–water partition coefficient (Wildman–Crippen LogP) is 8.98. The molecule has 2 aliphatic heterocycles. The van der Waals surface area contributed by atoms with Crippen LogP contribution in [-0.2, 0) is 0 Å². The van der Waals surface area contributed by atoms with E-state index in [1.54, 1.807) is 12.1 Å². The van der Waals surface area contributed by atoms with Crippen molar-refractivity contribution in [3.8, 4) is 0 Å². The number of carbonyl (C=O) groups excluding carboxylic acids is 4. The summed E-state index contributed by atoms with van der Waals surface area (Å²) in [6.07, 6.45) is 2.73. The highest BCUT2D eigenvalue weighted by molar-refractivity contribution is 6.28. The Balaban J connectivity index is 0.909. The van der Waals surface area contributed by atoms with E-state index in [2.05, 4.69) is 9.80 Å². The molecule has 0 spiro atoms. The largest absolute Gasteiger partial charge is 0.344 e. The van der Waals surface area contributed by atoms with Gasteiger partial charge in [0, 0.05) is 93.7 Å². The predicted molar refractivity (Wildman–Crippen MR) is 206 cm³/mol. The molecule has 0 unspecified atom stereocenters. The fraction of sp³-hybridized carbons (Fsp3) is 0.182. The molecular formula is C44H38N4O4. The van der Waals surface area contributed by atoms with Crippen LogP contribution in [-0.4, -0.2) is 60.6 Å². The van der Waals surface area contributed by atoms with Crippen molar-refractivity contribution in [2.24, 2.45) is 0 Å². The molecule has 0 aliphatic carbocycles. The Labute approximate surface area is 302 Å². The topological polar surface area (TPSA) is 81.2 Å². The van der Waals surface area contributed by atoms with Gasteiger partial charge in [0.1, 0.15) is 0 Å². The van der Waals surface area contributed by atoms with Crippen LogP contribution in [0, 0.1) is 0 Å². The van der Waals surface area contributed by atoms with Crippen molar-refractivity contribution in [1.29, 1.82) is 0 Å². The lowest BCUT2D eigenvalue weighted by molar-refractivity contribution is 0.0586. The lowest BCUT2D eigenvalue weighted by atomic mass is 9.92. The molecule has 0 saturated carbocycles. The van der Waals surface area contributed by atoms with Crippen molar-refractivity contribution in [3.05, 3.63) is 144 Å². The molecule has 0 N–H and O–H groups in total. The summed E-state index contributed by atoms with van der Waals surface area (Å²) < 4.78 is 0. The van der Waals surface area contributed by atoms with Crippen molar-refractivity contribution in [2.75, 3.05) is 37.0 Å². The minimum Gasteiger partial charge on any atom is -0.344 e. The van der Waals surface area contributed by atoms with E-state index in [1.807, 2.05) is 123 Å². The Morgan fingerprint density at radius 1 is 0.404 bits per heavy atom. The quantitative estimate of drug-likeness (QED) is 0.100. The molecule has 0 aromatic heterocycles. The van der Waals surface area contributed by atoms with Gasteiger partial charge < -0.3 is 9.80 Å². The zero-order valence-electron chi connectivity index (χ0n) is 29.2. The van der Waals surface area contributed by atoms with Crippen molar-refractivity contribution >= 4 is 67.9 Å². The highest BCUT2D eigenvalue weighted by atomic mass is 16.2. The summed E-state index contributed by atoms with van der Waals surface area (Å²) in [6.45, 7) is 0.603. The maximum Gasteiger partial charge on any atom is 0.261 e. The molecule has 258 valence electrons. The third kappa shape index (κ3) is 5.48. The van der Waals surface area contributed by atoms with Crippen molar-refractivity contribution in [2.45, 2.75) is 25.7 Å². The Bertz CT molecular complexity index is 2180. The number of hydrogen-bond acceptors (Lipinski definition) is 6. The second kappa shape index (κ2) is 13.5. The van der Waals surface area contributed by atoms with E-state index in [0.29, 0.717) is 59.0 Å². The number of unbranched alkanes of at least 4 members (excludes halogenated alkanes) is 3. The summed E-state index contributed by atoms with van der Waals surface area (Å²) >= 11 is 0. The van der Waals surface area contributed by atoms with E-state index in [4.69, 9.17) is 0 Å². The Morgan fingerprint density at radius 2 is 0.769 bits per heavy atom. The first kappa shape index (κ1) is 32.9. The summed E-state index contributed by atoms with van der Waals surface area (Å²) in [5.74, 6) is -1.12. The third-order valence-electron chi connectivity index (χ3n) is 10.5. The molecule has 4 amide bonds. The summed E-state index contributed by atoms with van der Waals surface area (Å²) in [5, 5.41) is 3.12. The summed E-state index contributed by atoms with van der Waals surface area (Å²) in [5.41, 5.74) is 6.00. The van der Waals surface area contributed by atoms with Gasteiger partial charge in [-0.05, 0) is 73.5 Å². The van der Waals surface area contributed by atoms with Gasteiger partial charge in [-0.2, -0.15) is 0 Å². The average Bonchev–Trinajstić information content (AvgIpc) is 3.19. The number of hydrogen-bond donors (Lipinski definition) is 0. The van der Waals surface area contributed by atoms with E-state index in [1.165, 1.54) is 9.80 Å². The van der Waals surface area contributed by atoms with Gasteiger partial charge in [0.15, 0.2) is 0 Å². The molecule has 8 nitrogen and oxygen atoms in total. The lowest BCUT2D eigenvalue weighted by Crippen LogP contribution is -2.41. The van der Waals surface area contributed by atoms with Crippen LogP contribution >= 0.6 is 0 Å². The standard InChI is InChI=1S/C44H38N4O4/c1-45(29-15-7-5-8-16-29)37-25-23-35-39-31(37)19-13-21-33(39)41(49)47(43(35)51)27-11-3-4-12-28-48-42(50)34-22-14-20-32-38(26-24-36(40(32)34)44(48)52)46(2)30-17-9-6-10-18-30/h5-10,13-26H,3-4,11-12,27-28H2,1-2H3. The number of rotatable bonds is 11. The molecule has 6 aromatic rings. The number of imide groups is 2. The zero-order valence-corrected chi connectivity index (χ0v) is 29.2. The normalized spacial score (nSPS) is 13.7. The van der Waals surface area contributed by atoms with Crippen LogP contribution in [0.15, 0.2) is 121 Å². The lowest BCUT2D eigenvalue weighted by Gasteiger charge is -2.30. The van der Waals surface area contributed by atoms with Crippen molar-refractivity contribution in [1.82, 2.24) is 9.80 Å². The van der Waals surface area contributed by atoms with Gasteiger partial charge >= 0.3 is 0 Å². The molecular weight excluding hydrogens is 649 g/mol. The molecule has 0 saturated heterocycles. The fourth-order valence-corrected chi connectivity index (χ4v) is 7.73. The summed E-state index contributed by atoms with van der Waals surface area (Å²) in [4.78, 5) is 61.6. The minimum atomic E-state index is -0.280. The van der Waals surface area contributed by atoms with Crippen LogP contribution in [0.2, 0.25) is 0 Å². The van der Waals surface area contributed by atoms with Gasteiger partial charge in [-0.1, -0.05) is 73.5 Å². The molecule has 8 heteroatoms. The van der Waals surface area contributed by atoms with Gasteiger partial charge in [0.25, 0.3) is 23.6 Å². The number of benzene rings is 6. The first-order valence-electron chi connectivity index (χ1n) is 17.8. The Morgan fingerprint density at radius 3 is 1.15 bits per heavy atom. The Hall–Kier alpha value is -6.28. The van der Waals surface area contributed by atoms with E-state index in [-0.39, 0.29) is 23.6 Å². The molecule has 0 atom stereocenters. The number of nitrogens with zero attached hydrogens (tertiary/aromatic N) is 4. The van der Waals surface area contributed by atoms with Gasteiger partial charge in [0.2, 0.25) is 0 Å². The van der Waals surface area contributed by atoms with Crippen LogP contribution in [0.4, 0.5) is 22.7 Å². The van der Waals surface area contributed by atoms with Crippen molar-refractivity contribution in [3.63, 3.8) is 0 Å². The number of para-hydroxylation sites is 2. The van der Waals surface area contributed by atoms with Gasteiger partial charge in [-0.15, -0.1) is 0 Å². The molecule has 0 radical (unpaired) electrons. The first-order valence-corrected chi connectivity index (χ1v) is 17.8. The number of amides is 4. The minimum absolute atomic E-state index is 0.280. The van der Waals surface area contributed by atoms with Crippen LogP contribution in [0.3, 0.4) is 0 Å². The van der Waals surface area contributed by atoms with Crippen LogP contribution in [0.5, 0.6) is 0 Å². The highest BCUT2D eigenvalue weighted by Gasteiger charge is 2.35. The molecule has 52 heavy (non-hydrogen) atoms. The Kier molecular flexibility index (Phi) is 8.51. The first-order chi connectivity index (χ1) is 25.3. The van der Waals surface area contributed by atoms with Gasteiger partial charge in [0.05, 0.1) is 0 Å². The maximum absolute atomic E-state index is 13.7. The molecule has 6 aromatic carbocycles. The van der Waals surface area contributed by atoms with Crippen LogP contribution in [0.1, 0.15) is 67.1 Å². The van der Waals surface area contributed by atoms with Crippen LogP contribution < -0.4 is 9.80 Å². The van der Waals surface area contributed by atoms with Gasteiger partial charge in [-0.3, -0.25) is 29.0 Å². The molecule has 2 aliphatic rings. The third-order valence-corrected chi connectivity index (χ3v) is 10.5. The monoisotopic (exact) mass is 686 g/mol.